The van der Waals surface area contributed by atoms with E-state index in [1.165, 1.54) is 29.5 Å². The zero-order valence-corrected chi connectivity index (χ0v) is 21.0. The number of rotatable bonds is 8. The molecule has 3 aromatic carbocycles. The van der Waals surface area contributed by atoms with E-state index >= 15 is 0 Å². The van der Waals surface area contributed by atoms with Gasteiger partial charge in [0, 0.05) is 22.8 Å². The highest BCUT2D eigenvalue weighted by atomic mass is 127. The Bertz CT molecular complexity index is 1180. The van der Waals surface area contributed by atoms with Crippen molar-refractivity contribution in [3.8, 4) is 0 Å². The SMILES string of the molecule is FC(F)(F)c1ccccc1Sc1cc2ccccc2[n+](CCCCCc2ccccc2)c1.[I-]. The predicted octanol–water partition coefficient (Wildman–Crippen LogP) is 4.71. The number of pyridine rings is 1. The molecule has 0 aliphatic rings. The first-order valence-electron chi connectivity index (χ1n) is 10.8. The van der Waals surface area contributed by atoms with Gasteiger partial charge in [-0.1, -0.05) is 66.4 Å². The second-order valence-electron chi connectivity index (χ2n) is 7.82. The maximum absolute atomic E-state index is 13.4. The fourth-order valence-corrected chi connectivity index (χ4v) is 4.94. The van der Waals surface area contributed by atoms with Gasteiger partial charge in [-0.3, -0.25) is 0 Å². The van der Waals surface area contributed by atoms with Crippen LogP contribution in [0.5, 0.6) is 0 Å². The highest BCUT2D eigenvalue weighted by molar-refractivity contribution is 7.99. The molecule has 4 rings (SSSR count). The molecule has 172 valence electrons. The van der Waals surface area contributed by atoms with Crippen LogP contribution < -0.4 is 28.5 Å². The molecule has 0 N–H and O–H groups in total. The van der Waals surface area contributed by atoms with Crippen molar-refractivity contribution in [3.63, 3.8) is 0 Å². The summed E-state index contributed by atoms with van der Waals surface area (Å²) < 4.78 is 42.5. The Hall–Kier alpha value is -2.06. The number of halogens is 4. The molecule has 1 aromatic heterocycles. The lowest BCUT2D eigenvalue weighted by atomic mass is 10.1. The van der Waals surface area contributed by atoms with Crippen LogP contribution in [0.15, 0.2) is 101 Å². The zero-order valence-electron chi connectivity index (χ0n) is 18.1. The highest BCUT2D eigenvalue weighted by Crippen LogP contribution is 2.39. The standard InChI is InChI=1S/C27H25F3NS.HI/c28-27(29,30)24-15-7-9-17-26(24)32-23-19-22-14-6-8-16-25(22)31(20-23)18-10-2-5-13-21-11-3-1-4-12-21;/h1,3-4,6-9,11-12,14-17,19-20H,2,5,10,13,18H2;1H/q+1;/p-1. The van der Waals surface area contributed by atoms with E-state index in [1.54, 1.807) is 6.07 Å². The zero-order chi connectivity index (χ0) is 22.4. The Morgan fingerprint density at radius 2 is 1.45 bits per heavy atom. The second-order valence-corrected chi connectivity index (χ2v) is 8.94. The Kier molecular flexibility index (Phi) is 9.20. The van der Waals surface area contributed by atoms with Gasteiger partial charge >= 0.3 is 6.18 Å². The molecule has 0 saturated carbocycles. The number of alkyl halides is 3. The van der Waals surface area contributed by atoms with Crippen LogP contribution in [0.4, 0.5) is 13.2 Å². The van der Waals surface area contributed by atoms with Crippen LogP contribution in [0.3, 0.4) is 0 Å². The Morgan fingerprint density at radius 3 is 2.24 bits per heavy atom. The minimum absolute atomic E-state index is 0. The molecule has 0 aliphatic carbocycles. The summed E-state index contributed by atoms with van der Waals surface area (Å²) in [6.07, 6.45) is 1.93. The van der Waals surface area contributed by atoms with E-state index in [9.17, 15) is 13.2 Å². The van der Waals surface area contributed by atoms with Crippen molar-refractivity contribution in [2.24, 2.45) is 0 Å². The van der Waals surface area contributed by atoms with Crippen LogP contribution in [0, 0.1) is 0 Å². The number of aryl methyl sites for hydroxylation is 2. The summed E-state index contributed by atoms with van der Waals surface area (Å²) in [5.74, 6) is 0. The summed E-state index contributed by atoms with van der Waals surface area (Å²) in [5.41, 5.74) is 1.86. The minimum Gasteiger partial charge on any atom is -1.00 e. The number of hydrogen-bond donors (Lipinski definition) is 0. The number of nitrogens with zero attached hydrogens (tertiary/aromatic N) is 1. The second kappa shape index (κ2) is 11.9. The molecule has 0 bridgehead atoms. The largest absolute Gasteiger partial charge is 1.00 e. The van der Waals surface area contributed by atoms with Crippen molar-refractivity contribution >= 4 is 22.7 Å². The normalized spacial score (nSPS) is 11.4. The third-order valence-electron chi connectivity index (χ3n) is 5.45. The quantitative estimate of drug-likeness (QED) is 0.166. The predicted molar refractivity (Wildman–Crippen MR) is 124 cm³/mol. The van der Waals surface area contributed by atoms with Crippen LogP contribution in [-0.4, -0.2) is 0 Å². The molecule has 1 nitrogen and oxygen atoms in total. The summed E-state index contributed by atoms with van der Waals surface area (Å²) in [6.45, 7) is 0.838. The van der Waals surface area contributed by atoms with E-state index < -0.39 is 11.7 Å². The number of benzene rings is 3. The van der Waals surface area contributed by atoms with Crippen LogP contribution in [0.1, 0.15) is 30.4 Å². The molecule has 0 radical (unpaired) electrons. The first kappa shape index (κ1) is 25.6. The van der Waals surface area contributed by atoms with E-state index in [1.807, 2.05) is 36.5 Å². The average molecular weight is 579 g/mol. The molecular formula is C27H25F3INS. The third kappa shape index (κ3) is 6.96. The molecule has 0 fully saturated rings. The van der Waals surface area contributed by atoms with Crippen molar-refractivity contribution in [2.75, 3.05) is 0 Å². The monoisotopic (exact) mass is 579 g/mol. The molecule has 4 aromatic rings. The summed E-state index contributed by atoms with van der Waals surface area (Å²) >= 11 is 1.17. The van der Waals surface area contributed by atoms with Gasteiger partial charge in [-0.15, -0.1) is 0 Å². The number of para-hydroxylation sites is 1. The van der Waals surface area contributed by atoms with Gasteiger partial charge in [0.05, 0.1) is 10.5 Å². The van der Waals surface area contributed by atoms with Gasteiger partial charge in [0.15, 0.2) is 6.20 Å². The molecular weight excluding hydrogens is 554 g/mol. The van der Waals surface area contributed by atoms with Crippen molar-refractivity contribution in [1.29, 1.82) is 0 Å². The lowest BCUT2D eigenvalue weighted by Crippen LogP contribution is -3.00. The molecule has 0 amide bonds. The van der Waals surface area contributed by atoms with Crippen LogP contribution >= 0.6 is 11.8 Å². The van der Waals surface area contributed by atoms with E-state index in [-0.39, 0.29) is 28.9 Å². The van der Waals surface area contributed by atoms with E-state index in [0.717, 1.165) is 54.1 Å². The van der Waals surface area contributed by atoms with Gasteiger partial charge in [0.2, 0.25) is 5.52 Å². The molecule has 0 spiro atoms. The lowest BCUT2D eigenvalue weighted by Gasteiger charge is -2.12. The first-order valence-corrected chi connectivity index (χ1v) is 11.6. The topological polar surface area (TPSA) is 3.88 Å². The van der Waals surface area contributed by atoms with E-state index in [0.29, 0.717) is 0 Å². The summed E-state index contributed by atoms with van der Waals surface area (Å²) in [5, 5.41) is 1.03. The minimum atomic E-state index is -4.37. The Morgan fingerprint density at radius 1 is 0.758 bits per heavy atom. The van der Waals surface area contributed by atoms with Crippen LogP contribution in [0.2, 0.25) is 0 Å². The number of fused-ring (bicyclic) bond motifs is 1. The summed E-state index contributed by atoms with van der Waals surface area (Å²) in [4.78, 5) is 1.04. The first-order chi connectivity index (χ1) is 15.5. The van der Waals surface area contributed by atoms with Crippen molar-refractivity contribution < 1.29 is 41.7 Å². The van der Waals surface area contributed by atoms with Gasteiger partial charge in [0.1, 0.15) is 6.54 Å². The summed E-state index contributed by atoms with van der Waals surface area (Å²) in [7, 11) is 0. The van der Waals surface area contributed by atoms with Crippen LogP contribution in [0.25, 0.3) is 10.9 Å². The Balaban J connectivity index is 0.00000306. The molecule has 1 heterocycles. The van der Waals surface area contributed by atoms with Crippen molar-refractivity contribution in [1.82, 2.24) is 0 Å². The number of hydrogen-bond acceptors (Lipinski definition) is 1. The smallest absolute Gasteiger partial charge is 0.417 e. The maximum atomic E-state index is 13.4. The van der Waals surface area contributed by atoms with E-state index in [4.69, 9.17) is 0 Å². The lowest BCUT2D eigenvalue weighted by molar-refractivity contribution is -0.673. The summed E-state index contributed by atoms with van der Waals surface area (Å²) in [6, 6.07) is 26.3. The van der Waals surface area contributed by atoms with Gasteiger partial charge in [0.25, 0.3) is 0 Å². The van der Waals surface area contributed by atoms with Gasteiger partial charge in [-0.2, -0.15) is 17.7 Å². The van der Waals surface area contributed by atoms with Gasteiger partial charge < -0.3 is 24.0 Å². The van der Waals surface area contributed by atoms with Gasteiger partial charge in [-0.25, -0.2) is 0 Å². The number of unbranched alkanes of at least 4 members (excludes halogenated alkanes) is 2. The van der Waals surface area contributed by atoms with Crippen LogP contribution in [-0.2, 0) is 19.1 Å². The van der Waals surface area contributed by atoms with Crippen molar-refractivity contribution in [3.05, 3.63) is 102 Å². The third-order valence-corrected chi connectivity index (χ3v) is 6.49. The fraction of sp³-hybridized carbons (Fsp3) is 0.222. The Labute approximate surface area is 214 Å². The average Bonchev–Trinajstić information content (AvgIpc) is 2.79. The molecule has 0 aliphatic heterocycles. The van der Waals surface area contributed by atoms with Crippen molar-refractivity contribution in [2.45, 2.75) is 48.2 Å². The van der Waals surface area contributed by atoms with E-state index in [2.05, 4.69) is 34.9 Å². The molecule has 33 heavy (non-hydrogen) atoms. The maximum Gasteiger partial charge on any atom is 0.417 e. The highest BCUT2D eigenvalue weighted by Gasteiger charge is 2.33. The fourth-order valence-electron chi connectivity index (χ4n) is 3.88. The molecule has 0 atom stereocenters. The van der Waals surface area contributed by atoms with Gasteiger partial charge in [-0.05, 0) is 49.1 Å². The molecule has 0 saturated heterocycles. The molecule has 6 heteroatoms. The molecule has 0 unspecified atom stereocenters. The number of aromatic nitrogens is 1.